The molecule has 19 heteroatoms. The van der Waals surface area contributed by atoms with Crippen LogP contribution in [0.2, 0.25) is 0 Å². The number of fused-ring (bicyclic) bond motifs is 1. The summed E-state index contributed by atoms with van der Waals surface area (Å²) in [6, 6.07) is 4.61. The molecule has 0 saturated carbocycles. The Bertz CT molecular complexity index is 2190. The predicted molar refractivity (Wildman–Crippen MR) is 273 cm³/mol. The number of carboxylic acids is 1. The van der Waals surface area contributed by atoms with Crippen LogP contribution in [0, 0.1) is 17.8 Å². The van der Waals surface area contributed by atoms with Crippen molar-refractivity contribution in [3.05, 3.63) is 45.7 Å². The molecule has 5 N–H and O–H groups in total. The van der Waals surface area contributed by atoms with Gasteiger partial charge in [-0.15, -0.1) is 0 Å². The molecule has 0 bridgehead atoms. The number of aliphatic hydroxyl groups excluding tert-OH is 2. The summed E-state index contributed by atoms with van der Waals surface area (Å²) in [5.41, 5.74) is -3.65. The molecule has 3 saturated heterocycles. The fourth-order valence-corrected chi connectivity index (χ4v) is 11.6. The molecule has 0 spiro atoms. The van der Waals surface area contributed by atoms with Crippen molar-refractivity contribution in [2.75, 3.05) is 54.6 Å². The number of carboxylic acid groups (broad SMARTS) is 1. The number of aryl methyl sites for hydroxylation is 2. The maximum atomic E-state index is 14.6. The number of likely N-dealkylation sites (N-methyl/N-ethyl adjacent to an activating group) is 2. The summed E-state index contributed by atoms with van der Waals surface area (Å²) in [5.74, 6) is -3.99. The standard InChI is InChI=1S/C54H89N3O16/c1-16-41-54(10,65)46(60)34(6)56(13)28-30(2)26-52(8,64)47(73-51-44(59)40(55(11)12)24-31(3)69-51)32(4)45(33(5)50(63)71-41)72-42-27-53(9,66-15)48(35(7)70-42)68-23-22-67-21-17-18-36-19-20-39-37(25-36)43(58)38(49(61)62)29-57(39)14/h19-20,25,29-35,40-42,44-48,51,59-60,64-65H,16-18,21-24,26-28H2,1-15H3,(H,61,62)/t30-,31-,32+,33-,34-,35+,40+,41-,42?,44-,45+,46+,47-,48+,51+,52-,53-,54-/m1/s1. The number of aromatic carboxylic acids is 1. The van der Waals surface area contributed by atoms with Crippen molar-refractivity contribution in [3.8, 4) is 0 Å². The van der Waals surface area contributed by atoms with E-state index in [2.05, 4.69) is 0 Å². The third kappa shape index (κ3) is 14.3. The van der Waals surface area contributed by atoms with E-state index in [-0.39, 0.29) is 56.1 Å². The number of methoxy groups -OCH3 is 1. The molecule has 4 heterocycles. The lowest BCUT2D eigenvalue weighted by Gasteiger charge is -2.49. The number of nitrogens with zero attached hydrogens (tertiary/aromatic N) is 3. The predicted octanol–water partition coefficient (Wildman–Crippen LogP) is 4.12. The topological polar surface area (TPSA) is 238 Å². The molecule has 19 nitrogen and oxygen atoms in total. The number of hydrogen-bond donors (Lipinski definition) is 5. The van der Waals surface area contributed by atoms with E-state index in [0.29, 0.717) is 43.3 Å². The van der Waals surface area contributed by atoms with Crippen molar-refractivity contribution in [2.24, 2.45) is 24.8 Å². The second kappa shape index (κ2) is 25.3. The van der Waals surface area contributed by atoms with E-state index in [4.69, 9.17) is 37.9 Å². The Labute approximate surface area is 432 Å². The number of esters is 1. The minimum absolute atomic E-state index is 0.168. The summed E-state index contributed by atoms with van der Waals surface area (Å²) in [7, 11) is 8.90. The van der Waals surface area contributed by atoms with Crippen LogP contribution in [0.4, 0.5) is 0 Å². The average molecular weight is 1040 g/mol. The van der Waals surface area contributed by atoms with Crippen LogP contribution in [0.15, 0.2) is 29.2 Å². The van der Waals surface area contributed by atoms with Crippen molar-refractivity contribution in [3.63, 3.8) is 0 Å². The lowest BCUT2D eigenvalue weighted by atomic mass is 9.77. The Morgan fingerprint density at radius 3 is 2.25 bits per heavy atom. The number of pyridine rings is 1. The molecule has 1 aromatic heterocycles. The summed E-state index contributed by atoms with van der Waals surface area (Å²) >= 11 is 0. The molecule has 1 unspecified atom stereocenters. The van der Waals surface area contributed by atoms with Gasteiger partial charge in [-0.3, -0.25) is 9.59 Å². The van der Waals surface area contributed by atoms with Gasteiger partial charge in [-0.05, 0) is 125 Å². The van der Waals surface area contributed by atoms with E-state index in [9.17, 15) is 39.9 Å². The number of hydrogen-bond acceptors (Lipinski definition) is 17. The first-order chi connectivity index (χ1) is 34.1. The van der Waals surface area contributed by atoms with Gasteiger partial charge >= 0.3 is 11.9 Å². The van der Waals surface area contributed by atoms with Crippen LogP contribution in [0.3, 0.4) is 0 Å². The maximum absolute atomic E-state index is 14.6. The second-order valence-corrected chi connectivity index (χ2v) is 22.4. The normalized spacial score (nSPS) is 38.7. The van der Waals surface area contributed by atoms with Crippen LogP contribution in [-0.2, 0) is 56.2 Å². The highest BCUT2D eigenvalue weighted by molar-refractivity contribution is 5.92. The third-order valence-corrected chi connectivity index (χ3v) is 15.9. The minimum atomic E-state index is -1.84. The zero-order chi connectivity index (χ0) is 54.5. The molecule has 0 amide bonds. The molecule has 0 aliphatic carbocycles. The molecule has 3 fully saturated rings. The third-order valence-electron chi connectivity index (χ3n) is 15.9. The summed E-state index contributed by atoms with van der Waals surface area (Å²) in [4.78, 5) is 42.9. The highest BCUT2D eigenvalue weighted by Gasteiger charge is 2.53. The van der Waals surface area contributed by atoms with Crippen molar-refractivity contribution >= 4 is 22.8 Å². The van der Waals surface area contributed by atoms with Gasteiger partial charge in [0.2, 0.25) is 5.43 Å². The average Bonchev–Trinajstić information content (AvgIpc) is 3.32. The number of carbonyl (C=O) groups is 2. The fourth-order valence-electron chi connectivity index (χ4n) is 11.6. The first-order valence-electron chi connectivity index (χ1n) is 26.2. The lowest BCUT2D eigenvalue weighted by Crippen LogP contribution is -2.61. The van der Waals surface area contributed by atoms with E-state index in [0.717, 1.165) is 5.56 Å². The Morgan fingerprint density at radius 1 is 0.932 bits per heavy atom. The van der Waals surface area contributed by atoms with Gasteiger partial charge in [-0.2, -0.15) is 0 Å². The molecule has 1 aromatic carbocycles. The summed E-state index contributed by atoms with van der Waals surface area (Å²) < 4.78 is 53.0. The summed E-state index contributed by atoms with van der Waals surface area (Å²) in [5, 5.41) is 57.9. The number of benzene rings is 1. The van der Waals surface area contributed by atoms with E-state index >= 15 is 0 Å². The van der Waals surface area contributed by atoms with Crippen molar-refractivity contribution in [1.82, 2.24) is 14.4 Å². The number of aliphatic hydroxyl groups is 4. The minimum Gasteiger partial charge on any atom is -0.477 e. The van der Waals surface area contributed by atoms with Gasteiger partial charge < -0.3 is 77.8 Å². The molecule has 73 heavy (non-hydrogen) atoms. The largest absolute Gasteiger partial charge is 0.477 e. The number of carbonyl (C=O) groups excluding carboxylic acids is 1. The van der Waals surface area contributed by atoms with Gasteiger partial charge in [-0.25, -0.2) is 4.79 Å². The monoisotopic (exact) mass is 1040 g/mol. The zero-order valence-corrected chi connectivity index (χ0v) is 46.1. The van der Waals surface area contributed by atoms with Crippen molar-refractivity contribution in [2.45, 2.75) is 198 Å². The molecular weight excluding hydrogens is 947 g/mol. The van der Waals surface area contributed by atoms with Crippen LogP contribution < -0.4 is 5.43 Å². The van der Waals surface area contributed by atoms with Crippen molar-refractivity contribution in [1.29, 1.82) is 0 Å². The Morgan fingerprint density at radius 2 is 1.62 bits per heavy atom. The second-order valence-electron chi connectivity index (χ2n) is 22.4. The maximum Gasteiger partial charge on any atom is 0.341 e. The Kier molecular flexibility index (Phi) is 21.1. The van der Waals surface area contributed by atoms with Gasteiger partial charge in [0, 0.05) is 63.3 Å². The lowest BCUT2D eigenvalue weighted by molar-refractivity contribution is -0.321. The fraction of sp³-hybridized carbons (Fsp3) is 0.796. The van der Waals surface area contributed by atoms with Gasteiger partial charge in [0.05, 0.1) is 60.3 Å². The van der Waals surface area contributed by atoms with Gasteiger partial charge in [-0.1, -0.05) is 26.8 Å². The Hall–Kier alpha value is -3.15. The van der Waals surface area contributed by atoms with Gasteiger partial charge in [0.15, 0.2) is 12.6 Å². The van der Waals surface area contributed by atoms with E-state index in [1.807, 2.05) is 77.7 Å². The molecule has 5 rings (SSSR count). The summed E-state index contributed by atoms with van der Waals surface area (Å²) in [6.07, 6.45) is -5.48. The molecule has 0 radical (unpaired) electrons. The van der Waals surface area contributed by atoms with Crippen molar-refractivity contribution < 1.29 is 73.0 Å². The smallest absolute Gasteiger partial charge is 0.341 e. The quantitative estimate of drug-likeness (QED) is 0.117. The van der Waals surface area contributed by atoms with E-state index < -0.39 is 107 Å². The highest BCUT2D eigenvalue weighted by atomic mass is 16.7. The number of ether oxygens (including phenoxy) is 8. The van der Waals surface area contributed by atoms with Crippen LogP contribution >= 0.6 is 0 Å². The van der Waals surface area contributed by atoms with E-state index in [1.54, 1.807) is 52.5 Å². The van der Waals surface area contributed by atoms with E-state index in [1.165, 1.54) is 13.1 Å². The number of aromatic nitrogens is 1. The molecule has 18 atom stereocenters. The number of rotatable bonds is 16. The molecule has 3 aliphatic heterocycles. The van der Waals surface area contributed by atoms with Gasteiger partial charge in [0.25, 0.3) is 0 Å². The highest BCUT2D eigenvalue weighted by Crippen LogP contribution is 2.41. The molecule has 416 valence electrons. The van der Waals surface area contributed by atoms with Crippen LogP contribution in [-0.4, -0.2) is 197 Å². The van der Waals surface area contributed by atoms with Crippen LogP contribution in [0.25, 0.3) is 10.9 Å². The van der Waals surface area contributed by atoms with Crippen LogP contribution in [0.1, 0.15) is 117 Å². The molecule has 3 aliphatic rings. The first-order valence-corrected chi connectivity index (χ1v) is 26.2. The Balaban J connectivity index is 1.35. The SMILES string of the molecule is CC[C@H]1OC(=O)[C@H](C)[C@@H](OC2C[C@@](C)(OC)[C@@H](OCCOCCCc3ccc4c(c3)c(=O)c(C(=O)O)cn4C)[C@H](C)O2)[C@H](C)[C@@H](O[C@@H]2O[C@H](C)C[C@H](N(C)C)[C@H]2O)[C@](C)(O)C[C@@H](C)CN(C)[C@H](C)[C@H](O)[C@]1(C)O. The summed E-state index contributed by atoms with van der Waals surface area (Å²) in [6.45, 7) is 19.2. The van der Waals surface area contributed by atoms with Gasteiger partial charge in [0.1, 0.15) is 35.6 Å². The zero-order valence-electron chi connectivity index (χ0n) is 46.1. The van der Waals surface area contributed by atoms with Crippen LogP contribution in [0.5, 0.6) is 0 Å². The molecular formula is C54H89N3O16. The number of cyclic esters (lactones) is 1. The molecule has 2 aromatic rings. The first kappa shape index (κ1) is 60.7.